The lowest BCUT2D eigenvalue weighted by molar-refractivity contribution is -0.934. The van der Waals surface area contributed by atoms with E-state index in [9.17, 15) is 29.7 Å². The highest BCUT2D eigenvalue weighted by Gasteiger charge is 2.38. The van der Waals surface area contributed by atoms with E-state index in [-0.39, 0.29) is 24.1 Å². The maximum atomic E-state index is 11.4. The van der Waals surface area contributed by atoms with E-state index < -0.39 is 35.7 Å². The van der Waals surface area contributed by atoms with Crippen LogP contribution in [0.4, 0.5) is 0 Å². The van der Waals surface area contributed by atoms with Crippen molar-refractivity contribution in [3.05, 3.63) is 0 Å². The van der Waals surface area contributed by atoms with Crippen LogP contribution in [0, 0.1) is 17.8 Å². The summed E-state index contributed by atoms with van der Waals surface area (Å²) < 4.78 is 0.224. The van der Waals surface area contributed by atoms with Crippen molar-refractivity contribution in [3.8, 4) is 0 Å². The average molecular weight is 389 g/mol. The number of quaternary nitrogens is 1. The number of carboxylic acid groups (broad SMARTS) is 3. The van der Waals surface area contributed by atoms with Gasteiger partial charge >= 0.3 is 17.9 Å². The van der Waals surface area contributed by atoms with Gasteiger partial charge in [0.25, 0.3) is 0 Å². The van der Waals surface area contributed by atoms with Gasteiger partial charge < -0.3 is 19.8 Å². The molecule has 0 aromatic carbocycles. The standard InChI is InChI=1S/C20H37NO6/c1-5-6-7-8-9-10-11-21(12-15(2)18(22)23,13-16(3)19(24)25)14-17(4)20(26)27/h15-17H,5-14H2,1-4H3,(H2-,22,23,24,25,26,27)/p+1. The summed E-state index contributed by atoms with van der Waals surface area (Å²) in [6.07, 6.45) is 6.41. The molecule has 0 heterocycles. The van der Waals surface area contributed by atoms with Gasteiger partial charge in [-0.3, -0.25) is 14.4 Å². The molecule has 0 spiro atoms. The lowest BCUT2D eigenvalue weighted by atomic mass is 10.0. The van der Waals surface area contributed by atoms with Gasteiger partial charge in [-0.25, -0.2) is 0 Å². The van der Waals surface area contributed by atoms with E-state index in [2.05, 4.69) is 6.92 Å². The highest BCUT2D eigenvalue weighted by Crippen LogP contribution is 2.22. The molecule has 0 aromatic heterocycles. The maximum absolute atomic E-state index is 11.4. The van der Waals surface area contributed by atoms with Crippen LogP contribution in [0.25, 0.3) is 0 Å². The molecule has 0 aliphatic heterocycles. The van der Waals surface area contributed by atoms with Crippen LogP contribution in [0.2, 0.25) is 0 Å². The highest BCUT2D eigenvalue weighted by atomic mass is 16.4. The second-order valence-electron chi connectivity index (χ2n) is 8.10. The molecule has 0 saturated heterocycles. The summed E-state index contributed by atoms with van der Waals surface area (Å²) in [5.41, 5.74) is 0. The number of aliphatic carboxylic acids is 3. The fourth-order valence-corrected chi connectivity index (χ4v) is 3.70. The van der Waals surface area contributed by atoms with Crippen LogP contribution in [0.1, 0.15) is 66.2 Å². The third-order valence-electron chi connectivity index (χ3n) is 5.23. The van der Waals surface area contributed by atoms with Gasteiger partial charge in [-0.1, -0.05) is 32.6 Å². The van der Waals surface area contributed by atoms with Gasteiger partial charge in [0, 0.05) is 0 Å². The molecule has 0 radical (unpaired) electrons. The number of carbonyl (C=O) groups is 3. The van der Waals surface area contributed by atoms with Crippen LogP contribution < -0.4 is 0 Å². The third kappa shape index (κ3) is 10.3. The molecule has 0 bridgehead atoms. The molecular weight excluding hydrogens is 350 g/mol. The number of carboxylic acids is 3. The molecule has 0 aliphatic rings. The second kappa shape index (κ2) is 12.7. The predicted octanol–water partition coefficient (Wildman–Crippen LogP) is 3.33. The Bertz CT molecular complexity index is 424. The molecule has 0 amide bonds. The summed E-state index contributed by atoms with van der Waals surface area (Å²) in [5.74, 6) is -4.80. The lowest BCUT2D eigenvalue weighted by Gasteiger charge is -2.42. The number of hydrogen-bond donors (Lipinski definition) is 3. The Balaban J connectivity index is 5.37. The molecule has 3 atom stereocenters. The Kier molecular flexibility index (Phi) is 11.9. The van der Waals surface area contributed by atoms with Gasteiger partial charge in [-0.05, 0) is 33.6 Å². The number of nitrogens with zero attached hydrogens (tertiary/aromatic N) is 1. The first-order chi connectivity index (χ1) is 12.5. The van der Waals surface area contributed by atoms with E-state index in [0.29, 0.717) is 6.54 Å². The van der Waals surface area contributed by atoms with Crippen molar-refractivity contribution in [2.75, 3.05) is 26.2 Å². The molecule has 7 nitrogen and oxygen atoms in total. The zero-order chi connectivity index (χ0) is 21.0. The zero-order valence-electron chi connectivity index (χ0n) is 17.3. The van der Waals surface area contributed by atoms with Crippen LogP contribution in [0.15, 0.2) is 0 Å². The van der Waals surface area contributed by atoms with Crippen LogP contribution in [0.5, 0.6) is 0 Å². The largest absolute Gasteiger partial charge is 0.481 e. The van der Waals surface area contributed by atoms with E-state index in [1.807, 2.05) is 0 Å². The summed E-state index contributed by atoms with van der Waals surface area (Å²) in [4.78, 5) is 34.3. The average Bonchev–Trinajstić information content (AvgIpc) is 2.57. The zero-order valence-corrected chi connectivity index (χ0v) is 17.3. The highest BCUT2D eigenvalue weighted by molar-refractivity contribution is 5.70. The van der Waals surface area contributed by atoms with Crippen molar-refractivity contribution in [2.24, 2.45) is 17.8 Å². The predicted molar refractivity (Wildman–Crippen MR) is 104 cm³/mol. The summed E-state index contributed by atoms with van der Waals surface area (Å²) in [6, 6.07) is 0. The van der Waals surface area contributed by atoms with Crippen LogP contribution >= 0.6 is 0 Å². The minimum atomic E-state index is -0.939. The van der Waals surface area contributed by atoms with E-state index in [1.165, 1.54) is 6.42 Å². The Morgan fingerprint density at radius 2 is 1.00 bits per heavy atom. The summed E-state index contributed by atoms with van der Waals surface area (Å²) in [6.45, 7) is 8.32. The Hall–Kier alpha value is -1.63. The SMILES string of the molecule is CCCCCCCC[N+](CC(C)C(=O)O)(CC(C)C(=O)O)CC(C)C(=O)O. The van der Waals surface area contributed by atoms with E-state index >= 15 is 0 Å². The van der Waals surface area contributed by atoms with Crippen molar-refractivity contribution in [2.45, 2.75) is 66.2 Å². The smallest absolute Gasteiger partial charge is 0.311 e. The van der Waals surface area contributed by atoms with Crippen molar-refractivity contribution in [1.29, 1.82) is 0 Å². The maximum Gasteiger partial charge on any atom is 0.311 e. The van der Waals surface area contributed by atoms with Gasteiger partial charge in [0.15, 0.2) is 0 Å². The molecule has 0 aromatic rings. The molecule has 0 fully saturated rings. The van der Waals surface area contributed by atoms with E-state index in [4.69, 9.17) is 0 Å². The van der Waals surface area contributed by atoms with Crippen LogP contribution in [0.3, 0.4) is 0 Å². The quantitative estimate of drug-likeness (QED) is 0.276. The summed E-state index contributed by atoms with van der Waals surface area (Å²) in [7, 11) is 0. The fraction of sp³-hybridized carbons (Fsp3) is 0.850. The second-order valence-corrected chi connectivity index (χ2v) is 8.10. The topological polar surface area (TPSA) is 112 Å². The molecule has 0 saturated carbocycles. The van der Waals surface area contributed by atoms with Crippen molar-refractivity contribution in [1.82, 2.24) is 0 Å². The molecule has 0 rings (SSSR count). The first-order valence-corrected chi connectivity index (χ1v) is 10.1. The Morgan fingerprint density at radius 1 is 0.667 bits per heavy atom. The van der Waals surface area contributed by atoms with Crippen LogP contribution in [-0.4, -0.2) is 63.9 Å². The first kappa shape index (κ1) is 25.4. The lowest BCUT2D eigenvalue weighted by Crippen LogP contribution is -2.57. The van der Waals surface area contributed by atoms with Gasteiger partial charge in [0.1, 0.15) is 17.8 Å². The Labute approximate surface area is 163 Å². The minimum absolute atomic E-state index is 0.224. The van der Waals surface area contributed by atoms with E-state index in [1.54, 1.807) is 20.8 Å². The molecule has 3 N–H and O–H groups in total. The van der Waals surface area contributed by atoms with Gasteiger partial charge in [-0.15, -0.1) is 0 Å². The Morgan fingerprint density at radius 3 is 1.33 bits per heavy atom. The van der Waals surface area contributed by atoms with Crippen molar-refractivity contribution < 1.29 is 34.2 Å². The summed E-state index contributed by atoms with van der Waals surface area (Å²) >= 11 is 0. The molecule has 158 valence electrons. The number of rotatable bonds is 16. The van der Waals surface area contributed by atoms with Crippen LogP contribution in [-0.2, 0) is 14.4 Å². The molecular formula is C20H38NO6+. The summed E-state index contributed by atoms with van der Waals surface area (Å²) in [5, 5.41) is 28.1. The third-order valence-corrected chi connectivity index (χ3v) is 5.23. The first-order valence-electron chi connectivity index (χ1n) is 10.1. The molecule has 3 unspecified atom stereocenters. The number of hydrogen-bond acceptors (Lipinski definition) is 3. The van der Waals surface area contributed by atoms with Crippen molar-refractivity contribution in [3.63, 3.8) is 0 Å². The molecule has 27 heavy (non-hydrogen) atoms. The van der Waals surface area contributed by atoms with Crippen molar-refractivity contribution >= 4 is 17.9 Å². The normalized spacial score (nSPS) is 16.9. The number of unbranched alkanes of at least 4 members (excludes halogenated alkanes) is 5. The minimum Gasteiger partial charge on any atom is -0.481 e. The molecule has 7 heteroatoms. The van der Waals surface area contributed by atoms with Gasteiger partial charge in [0.2, 0.25) is 0 Å². The van der Waals surface area contributed by atoms with Gasteiger partial charge in [0.05, 0.1) is 26.2 Å². The fourth-order valence-electron chi connectivity index (χ4n) is 3.70. The molecule has 0 aliphatic carbocycles. The monoisotopic (exact) mass is 388 g/mol. The van der Waals surface area contributed by atoms with Gasteiger partial charge in [-0.2, -0.15) is 0 Å². The van der Waals surface area contributed by atoms with E-state index in [0.717, 1.165) is 32.1 Å².